The molecular weight excluding hydrogens is 396 g/mol. The molecule has 4 rings (SSSR count). The summed E-state index contributed by atoms with van der Waals surface area (Å²) >= 11 is 6.33. The molecule has 0 N–H and O–H groups in total. The third-order valence-corrected chi connectivity index (χ3v) is 6.55. The predicted octanol–water partition coefficient (Wildman–Crippen LogP) is 5.43. The number of carbonyl (C=O) groups excluding carboxylic acids is 2. The molecule has 0 radical (unpaired) electrons. The number of piperidine rings is 1. The molecule has 5 heteroatoms. The van der Waals surface area contributed by atoms with E-state index in [0.717, 1.165) is 49.9 Å². The Bertz CT molecular complexity index is 923. The van der Waals surface area contributed by atoms with E-state index >= 15 is 0 Å². The van der Waals surface area contributed by atoms with Crippen LogP contribution in [0.1, 0.15) is 72.5 Å². The summed E-state index contributed by atoms with van der Waals surface area (Å²) in [4.78, 5) is 31.3. The number of carbonyl (C=O) groups is 2. The summed E-state index contributed by atoms with van der Waals surface area (Å²) in [5.74, 6) is -0.278. The number of hydrogen-bond donors (Lipinski definition) is 0. The number of amides is 2. The lowest BCUT2D eigenvalue weighted by atomic mass is 9.78. The van der Waals surface area contributed by atoms with Crippen LogP contribution < -0.4 is 0 Å². The summed E-state index contributed by atoms with van der Waals surface area (Å²) in [6.45, 7) is 4.34. The summed E-state index contributed by atoms with van der Waals surface area (Å²) in [6.07, 6.45) is 5.14. The van der Waals surface area contributed by atoms with Crippen molar-refractivity contribution in [1.82, 2.24) is 9.80 Å². The van der Waals surface area contributed by atoms with E-state index in [1.807, 2.05) is 58.3 Å². The maximum absolute atomic E-state index is 13.9. The van der Waals surface area contributed by atoms with Gasteiger partial charge in [-0.2, -0.15) is 0 Å². The highest BCUT2D eigenvalue weighted by atomic mass is 35.5. The second kappa shape index (κ2) is 9.22. The lowest BCUT2D eigenvalue weighted by Crippen LogP contribution is -2.49. The lowest BCUT2D eigenvalue weighted by Gasteiger charge is -2.44. The van der Waals surface area contributed by atoms with E-state index in [1.165, 1.54) is 6.42 Å². The largest absolute Gasteiger partial charge is 0.342 e. The van der Waals surface area contributed by atoms with Gasteiger partial charge in [-0.15, -0.1) is 0 Å². The first-order valence-corrected chi connectivity index (χ1v) is 11.4. The van der Waals surface area contributed by atoms with E-state index in [0.29, 0.717) is 17.1 Å². The SMILES string of the molecule is CCCCN1C(=O)c2ccccc2C(C(=O)N2CCCCC2)C1c1cccc(Cl)c1. The normalized spacial score (nSPS) is 21.5. The molecule has 158 valence electrons. The molecule has 2 aromatic rings. The van der Waals surface area contributed by atoms with E-state index < -0.39 is 5.92 Å². The Balaban J connectivity index is 1.85. The van der Waals surface area contributed by atoms with Crippen LogP contribution in [0.15, 0.2) is 48.5 Å². The molecule has 0 saturated carbocycles. The minimum atomic E-state index is -0.410. The second-order valence-electron chi connectivity index (χ2n) is 8.30. The smallest absolute Gasteiger partial charge is 0.254 e. The molecule has 0 aromatic heterocycles. The third-order valence-electron chi connectivity index (χ3n) is 6.32. The predicted molar refractivity (Wildman–Crippen MR) is 120 cm³/mol. The highest BCUT2D eigenvalue weighted by Gasteiger charge is 2.45. The molecule has 2 aliphatic rings. The number of fused-ring (bicyclic) bond motifs is 1. The fourth-order valence-corrected chi connectivity index (χ4v) is 5.00. The van der Waals surface area contributed by atoms with E-state index in [1.54, 1.807) is 0 Å². The van der Waals surface area contributed by atoms with Gasteiger partial charge < -0.3 is 9.80 Å². The zero-order valence-electron chi connectivity index (χ0n) is 17.5. The van der Waals surface area contributed by atoms with Crippen LogP contribution in [0.3, 0.4) is 0 Å². The Morgan fingerprint density at radius 2 is 1.83 bits per heavy atom. The van der Waals surface area contributed by atoms with Gasteiger partial charge in [0.1, 0.15) is 0 Å². The maximum Gasteiger partial charge on any atom is 0.254 e. The summed E-state index contributed by atoms with van der Waals surface area (Å²) in [7, 11) is 0. The number of rotatable bonds is 5. The van der Waals surface area contributed by atoms with Crippen molar-refractivity contribution < 1.29 is 9.59 Å². The van der Waals surface area contributed by atoms with Crippen LogP contribution in [0.5, 0.6) is 0 Å². The highest BCUT2D eigenvalue weighted by Crippen LogP contribution is 2.44. The van der Waals surface area contributed by atoms with Crippen LogP contribution in [0.2, 0.25) is 5.02 Å². The first kappa shape index (κ1) is 20.9. The minimum Gasteiger partial charge on any atom is -0.342 e. The summed E-state index contributed by atoms with van der Waals surface area (Å²) in [5, 5.41) is 0.624. The van der Waals surface area contributed by atoms with Crippen molar-refractivity contribution in [2.45, 2.75) is 51.0 Å². The Hall–Kier alpha value is -2.33. The highest BCUT2D eigenvalue weighted by molar-refractivity contribution is 6.30. The first-order valence-electron chi connectivity index (χ1n) is 11.1. The van der Waals surface area contributed by atoms with E-state index in [-0.39, 0.29) is 17.9 Å². The summed E-state index contributed by atoms with van der Waals surface area (Å²) in [5.41, 5.74) is 2.43. The van der Waals surface area contributed by atoms with Crippen molar-refractivity contribution in [3.63, 3.8) is 0 Å². The molecule has 0 bridgehead atoms. The van der Waals surface area contributed by atoms with Crippen LogP contribution in [-0.2, 0) is 4.79 Å². The van der Waals surface area contributed by atoms with Gasteiger partial charge >= 0.3 is 0 Å². The summed E-state index contributed by atoms with van der Waals surface area (Å²) in [6, 6.07) is 14.9. The minimum absolute atomic E-state index is 0.00622. The van der Waals surface area contributed by atoms with Crippen molar-refractivity contribution in [3.8, 4) is 0 Å². The molecule has 2 amide bonds. The summed E-state index contributed by atoms with van der Waals surface area (Å²) < 4.78 is 0. The Morgan fingerprint density at radius 1 is 1.07 bits per heavy atom. The van der Waals surface area contributed by atoms with Crippen molar-refractivity contribution in [2.75, 3.05) is 19.6 Å². The number of halogens is 1. The van der Waals surface area contributed by atoms with Gasteiger partial charge in [-0.05, 0) is 55.0 Å². The van der Waals surface area contributed by atoms with Gasteiger partial charge in [0.25, 0.3) is 5.91 Å². The molecule has 0 aliphatic carbocycles. The zero-order valence-corrected chi connectivity index (χ0v) is 18.3. The van der Waals surface area contributed by atoms with Gasteiger partial charge in [-0.3, -0.25) is 9.59 Å². The van der Waals surface area contributed by atoms with Gasteiger partial charge in [0, 0.05) is 30.2 Å². The van der Waals surface area contributed by atoms with Crippen LogP contribution in [0, 0.1) is 0 Å². The van der Waals surface area contributed by atoms with Crippen molar-refractivity contribution >= 4 is 23.4 Å². The number of benzene rings is 2. The van der Waals surface area contributed by atoms with Gasteiger partial charge in [0.15, 0.2) is 0 Å². The van der Waals surface area contributed by atoms with E-state index in [2.05, 4.69) is 6.92 Å². The number of hydrogen-bond acceptors (Lipinski definition) is 2. The Labute approximate surface area is 183 Å². The number of unbranched alkanes of at least 4 members (excludes halogenated alkanes) is 1. The standard InChI is InChI=1S/C25H29ClN2O2/c1-2-3-16-28-23(18-10-9-11-19(26)17-18)22(25(30)27-14-7-4-8-15-27)20-12-5-6-13-21(20)24(28)29/h5-6,9-13,17,22-23H,2-4,7-8,14-16H2,1H3. The third kappa shape index (κ3) is 3.98. The van der Waals surface area contributed by atoms with Crippen molar-refractivity contribution in [2.24, 2.45) is 0 Å². The van der Waals surface area contributed by atoms with Crippen LogP contribution in [0.25, 0.3) is 0 Å². The first-order chi connectivity index (χ1) is 14.6. The molecule has 2 unspecified atom stereocenters. The Kier molecular flexibility index (Phi) is 6.43. The molecule has 1 fully saturated rings. The fraction of sp³-hybridized carbons (Fsp3) is 0.440. The Morgan fingerprint density at radius 3 is 2.57 bits per heavy atom. The molecule has 4 nitrogen and oxygen atoms in total. The molecule has 30 heavy (non-hydrogen) atoms. The molecule has 2 heterocycles. The molecule has 2 aromatic carbocycles. The topological polar surface area (TPSA) is 40.6 Å². The zero-order chi connectivity index (χ0) is 21.1. The average Bonchev–Trinajstić information content (AvgIpc) is 2.78. The van der Waals surface area contributed by atoms with Gasteiger partial charge in [0.2, 0.25) is 5.91 Å². The molecule has 0 spiro atoms. The lowest BCUT2D eigenvalue weighted by molar-refractivity contribution is -0.135. The fourth-order valence-electron chi connectivity index (χ4n) is 4.81. The number of nitrogens with zero attached hydrogens (tertiary/aromatic N) is 2. The average molecular weight is 425 g/mol. The van der Waals surface area contributed by atoms with Crippen molar-refractivity contribution in [3.05, 3.63) is 70.2 Å². The molecule has 2 atom stereocenters. The van der Waals surface area contributed by atoms with Gasteiger partial charge in [0.05, 0.1) is 12.0 Å². The monoisotopic (exact) mass is 424 g/mol. The van der Waals surface area contributed by atoms with E-state index in [9.17, 15) is 9.59 Å². The van der Waals surface area contributed by atoms with Crippen LogP contribution in [0.4, 0.5) is 0 Å². The molecule has 2 aliphatic heterocycles. The second-order valence-corrected chi connectivity index (χ2v) is 8.74. The van der Waals surface area contributed by atoms with Crippen LogP contribution in [-0.4, -0.2) is 41.2 Å². The van der Waals surface area contributed by atoms with Crippen LogP contribution >= 0.6 is 11.6 Å². The number of likely N-dealkylation sites (tertiary alicyclic amines) is 1. The molecular formula is C25H29ClN2O2. The van der Waals surface area contributed by atoms with Crippen molar-refractivity contribution in [1.29, 1.82) is 0 Å². The van der Waals surface area contributed by atoms with E-state index in [4.69, 9.17) is 11.6 Å². The quantitative estimate of drug-likeness (QED) is 0.641. The maximum atomic E-state index is 13.9. The van der Waals surface area contributed by atoms with Gasteiger partial charge in [-0.1, -0.05) is 55.3 Å². The van der Waals surface area contributed by atoms with Gasteiger partial charge in [-0.25, -0.2) is 0 Å². The molecule has 1 saturated heterocycles.